The predicted octanol–water partition coefficient (Wildman–Crippen LogP) is 3.92. The summed E-state index contributed by atoms with van der Waals surface area (Å²) in [5.41, 5.74) is 1.03. The molecule has 24 heavy (non-hydrogen) atoms. The molecule has 5 nitrogen and oxygen atoms in total. The fourth-order valence-electron chi connectivity index (χ4n) is 2.98. The van der Waals surface area contributed by atoms with Crippen molar-refractivity contribution in [3.63, 3.8) is 0 Å². The largest absolute Gasteiger partial charge is 0.347 e. The third-order valence-electron chi connectivity index (χ3n) is 4.20. The van der Waals surface area contributed by atoms with Gasteiger partial charge in [0.25, 0.3) is 0 Å². The number of hydrogen-bond acceptors (Lipinski definition) is 6. The molecule has 124 valence electrons. The Morgan fingerprint density at radius 2 is 2.21 bits per heavy atom. The van der Waals surface area contributed by atoms with Crippen molar-refractivity contribution in [3.05, 3.63) is 35.3 Å². The quantitative estimate of drug-likeness (QED) is 0.771. The van der Waals surface area contributed by atoms with Gasteiger partial charge in [-0.2, -0.15) is 0 Å². The molecule has 0 saturated carbocycles. The number of piperidine rings is 1. The van der Waals surface area contributed by atoms with Crippen LogP contribution < -0.4 is 10.2 Å². The number of aromatic nitrogens is 2. The zero-order valence-corrected chi connectivity index (χ0v) is 15.0. The van der Waals surface area contributed by atoms with Crippen LogP contribution in [0, 0.1) is 12.8 Å². The third-order valence-corrected chi connectivity index (χ3v) is 6.12. The lowest BCUT2D eigenvalue weighted by Crippen LogP contribution is -2.40. The number of carbonyl (C=O) groups is 1. The summed E-state index contributed by atoms with van der Waals surface area (Å²) in [6.45, 7) is 3.67. The Balaban J connectivity index is 1.47. The van der Waals surface area contributed by atoms with Crippen LogP contribution in [0.3, 0.4) is 0 Å². The molecule has 3 heterocycles. The first-order chi connectivity index (χ1) is 11.7. The van der Waals surface area contributed by atoms with Crippen molar-refractivity contribution >= 4 is 49.1 Å². The number of amides is 1. The van der Waals surface area contributed by atoms with Gasteiger partial charge in [-0.25, -0.2) is 9.97 Å². The number of para-hydroxylation sites is 1. The summed E-state index contributed by atoms with van der Waals surface area (Å²) in [6, 6.07) is 8.17. The molecule has 3 aromatic rings. The molecule has 1 saturated heterocycles. The van der Waals surface area contributed by atoms with Crippen molar-refractivity contribution in [2.24, 2.45) is 5.92 Å². The van der Waals surface area contributed by atoms with Gasteiger partial charge in [0, 0.05) is 24.2 Å². The van der Waals surface area contributed by atoms with Crippen molar-refractivity contribution in [1.29, 1.82) is 0 Å². The maximum absolute atomic E-state index is 12.5. The minimum Gasteiger partial charge on any atom is -0.347 e. The standard InChI is InChI=1S/C17H18N4OS2/c1-11-9-18-16(23-11)20-15(22)12-5-4-8-21(10-12)17-19-13-6-2-3-7-14(13)24-17/h2-3,6-7,9,12H,4-5,8,10H2,1H3,(H,18,20,22). The number of benzene rings is 1. The van der Waals surface area contributed by atoms with Gasteiger partial charge in [-0.1, -0.05) is 23.5 Å². The summed E-state index contributed by atoms with van der Waals surface area (Å²) >= 11 is 3.21. The highest BCUT2D eigenvalue weighted by atomic mass is 32.1. The van der Waals surface area contributed by atoms with Gasteiger partial charge in [0.2, 0.25) is 5.91 Å². The second-order valence-electron chi connectivity index (χ2n) is 6.01. The fourth-order valence-corrected chi connectivity index (χ4v) is 4.65. The average molecular weight is 358 g/mol. The van der Waals surface area contributed by atoms with Crippen LogP contribution in [0.2, 0.25) is 0 Å². The zero-order chi connectivity index (χ0) is 16.5. The summed E-state index contributed by atoms with van der Waals surface area (Å²) < 4.78 is 1.19. The van der Waals surface area contributed by atoms with Crippen molar-refractivity contribution in [2.45, 2.75) is 19.8 Å². The highest BCUT2D eigenvalue weighted by Crippen LogP contribution is 2.31. The summed E-state index contributed by atoms with van der Waals surface area (Å²) in [5, 5.41) is 4.66. The van der Waals surface area contributed by atoms with E-state index in [-0.39, 0.29) is 11.8 Å². The number of nitrogens with one attached hydrogen (secondary N) is 1. The Kier molecular flexibility index (Phi) is 4.20. The molecule has 1 fully saturated rings. The molecular formula is C17H18N4OS2. The average Bonchev–Trinajstić information content (AvgIpc) is 3.21. The lowest BCUT2D eigenvalue weighted by atomic mass is 9.97. The Morgan fingerprint density at radius 3 is 3.00 bits per heavy atom. The molecule has 7 heteroatoms. The van der Waals surface area contributed by atoms with Gasteiger partial charge in [-0.15, -0.1) is 11.3 Å². The van der Waals surface area contributed by atoms with E-state index < -0.39 is 0 Å². The smallest absolute Gasteiger partial charge is 0.231 e. The van der Waals surface area contributed by atoms with E-state index in [0.29, 0.717) is 5.13 Å². The van der Waals surface area contributed by atoms with E-state index in [1.807, 2.05) is 25.1 Å². The van der Waals surface area contributed by atoms with Gasteiger partial charge in [0.15, 0.2) is 10.3 Å². The van der Waals surface area contributed by atoms with Crippen LogP contribution in [0.5, 0.6) is 0 Å². The second-order valence-corrected chi connectivity index (χ2v) is 8.26. The maximum atomic E-state index is 12.5. The van der Waals surface area contributed by atoms with Crippen LogP contribution in [0.15, 0.2) is 30.5 Å². The first-order valence-corrected chi connectivity index (χ1v) is 9.66. The molecule has 1 aliphatic heterocycles. The SMILES string of the molecule is Cc1cnc(NC(=O)C2CCCN(c3nc4ccccc4s3)C2)s1. The highest BCUT2D eigenvalue weighted by Gasteiger charge is 2.27. The lowest BCUT2D eigenvalue weighted by molar-refractivity contribution is -0.120. The molecule has 1 unspecified atom stereocenters. The van der Waals surface area contributed by atoms with Crippen molar-refractivity contribution < 1.29 is 4.79 Å². The van der Waals surface area contributed by atoms with Crippen LogP contribution >= 0.6 is 22.7 Å². The molecule has 1 aliphatic rings. The van der Waals surface area contributed by atoms with E-state index in [1.54, 1.807) is 17.5 Å². The zero-order valence-electron chi connectivity index (χ0n) is 13.4. The van der Waals surface area contributed by atoms with E-state index in [0.717, 1.165) is 41.5 Å². The number of rotatable bonds is 3. The van der Waals surface area contributed by atoms with Gasteiger partial charge >= 0.3 is 0 Å². The van der Waals surface area contributed by atoms with Crippen LogP contribution in [0.4, 0.5) is 10.3 Å². The summed E-state index contributed by atoms with van der Waals surface area (Å²) in [5.74, 6) is 0.0464. The minimum absolute atomic E-state index is 0.0185. The highest BCUT2D eigenvalue weighted by molar-refractivity contribution is 7.22. The van der Waals surface area contributed by atoms with Gasteiger partial charge < -0.3 is 10.2 Å². The molecule has 1 amide bonds. The van der Waals surface area contributed by atoms with Crippen molar-refractivity contribution in [2.75, 3.05) is 23.3 Å². The lowest BCUT2D eigenvalue weighted by Gasteiger charge is -2.31. The Labute approximate surface area is 148 Å². The van der Waals surface area contributed by atoms with E-state index in [1.165, 1.54) is 16.0 Å². The van der Waals surface area contributed by atoms with Crippen molar-refractivity contribution in [3.8, 4) is 0 Å². The van der Waals surface area contributed by atoms with Crippen LogP contribution in [-0.4, -0.2) is 29.0 Å². The number of hydrogen-bond donors (Lipinski definition) is 1. The number of anilines is 2. The van der Waals surface area contributed by atoms with E-state index >= 15 is 0 Å². The first kappa shape index (κ1) is 15.5. The molecule has 0 bridgehead atoms. The van der Waals surface area contributed by atoms with Gasteiger partial charge in [-0.3, -0.25) is 4.79 Å². The molecule has 1 aromatic carbocycles. The van der Waals surface area contributed by atoms with Crippen molar-refractivity contribution in [1.82, 2.24) is 9.97 Å². The van der Waals surface area contributed by atoms with Crippen LogP contribution in [0.1, 0.15) is 17.7 Å². The van der Waals surface area contributed by atoms with Gasteiger partial charge in [0.05, 0.1) is 16.1 Å². The molecule has 4 rings (SSSR count). The molecule has 1 atom stereocenters. The number of thiazole rings is 2. The molecule has 0 spiro atoms. The molecule has 0 aliphatic carbocycles. The fraction of sp³-hybridized carbons (Fsp3) is 0.353. The molecular weight excluding hydrogens is 340 g/mol. The summed E-state index contributed by atoms with van der Waals surface area (Å²) in [6.07, 6.45) is 3.71. The number of carbonyl (C=O) groups excluding carboxylic acids is 1. The number of nitrogens with zero attached hydrogens (tertiary/aromatic N) is 3. The van der Waals surface area contributed by atoms with Gasteiger partial charge in [0.1, 0.15) is 0 Å². The number of aryl methyl sites for hydroxylation is 1. The van der Waals surface area contributed by atoms with Gasteiger partial charge in [-0.05, 0) is 31.9 Å². The predicted molar refractivity (Wildman–Crippen MR) is 100 cm³/mol. The van der Waals surface area contributed by atoms with Crippen LogP contribution in [0.25, 0.3) is 10.2 Å². The van der Waals surface area contributed by atoms with E-state index in [4.69, 9.17) is 4.98 Å². The molecule has 0 radical (unpaired) electrons. The topological polar surface area (TPSA) is 58.1 Å². The van der Waals surface area contributed by atoms with Crippen LogP contribution in [-0.2, 0) is 4.79 Å². The Morgan fingerprint density at radius 1 is 1.33 bits per heavy atom. The monoisotopic (exact) mass is 358 g/mol. The third kappa shape index (κ3) is 3.14. The molecule has 1 N–H and O–H groups in total. The minimum atomic E-state index is -0.0185. The Bertz CT molecular complexity index is 839. The Hall–Kier alpha value is -1.99. The van der Waals surface area contributed by atoms with E-state index in [9.17, 15) is 4.79 Å². The maximum Gasteiger partial charge on any atom is 0.231 e. The summed E-state index contributed by atoms with van der Waals surface area (Å²) in [4.78, 5) is 24.8. The van der Waals surface area contributed by atoms with E-state index in [2.05, 4.69) is 21.3 Å². The number of fused-ring (bicyclic) bond motifs is 1. The first-order valence-electron chi connectivity index (χ1n) is 8.03. The molecule has 2 aromatic heterocycles. The normalized spacial score (nSPS) is 18.0. The summed E-state index contributed by atoms with van der Waals surface area (Å²) in [7, 11) is 0. The second kappa shape index (κ2) is 6.49.